The minimum Gasteiger partial charge on any atom is -0.497 e. The summed E-state index contributed by atoms with van der Waals surface area (Å²) in [5.41, 5.74) is 4.25. The van der Waals surface area contributed by atoms with Crippen molar-refractivity contribution >= 4 is 5.91 Å². The van der Waals surface area contributed by atoms with Gasteiger partial charge in [-0.2, -0.15) is 0 Å². The smallest absolute Gasteiger partial charge is 0.226 e. The molecule has 2 fully saturated rings. The molecule has 4 nitrogen and oxygen atoms in total. The summed E-state index contributed by atoms with van der Waals surface area (Å²) >= 11 is 0. The van der Waals surface area contributed by atoms with E-state index in [0.29, 0.717) is 5.91 Å². The van der Waals surface area contributed by atoms with E-state index in [1.165, 1.54) is 0 Å². The van der Waals surface area contributed by atoms with Crippen molar-refractivity contribution in [1.82, 2.24) is 9.88 Å². The molecule has 1 aliphatic carbocycles. The van der Waals surface area contributed by atoms with Crippen LogP contribution in [0, 0.1) is 12.8 Å². The lowest BCUT2D eigenvalue weighted by atomic mass is 10.0. The number of aryl methyl sites for hydroxylation is 1. The molecule has 25 heavy (non-hydrogen) atoms. The van der Waals surface area contributed by atoms with Gasteiger partial charge in [-0.1, -0.05) is 12.1 Å². The third kappa shape index (κ3) is 3.26. The molecular formula is C21H24N2O2. The van der Waals surface area contributed by atoms with E-state index in [0.717, 1.165) is 60.5 Å². The van der Waals surface area contributed by atoms with Gasteiger partial charge in [0.05, 0.1) is 18.8 Å². The van der Waals surface area contributed by atoms with Crippen LogP contribution in [0.1, 0.15) is 43.1 Å². The van der Waals surface area contributed by atoms with Gasteiger partial charge in [0, 0.05) is 18.2 Å². The van der Waals surface area contributed by atoms with Crippen molar-refractivity contribution in [2.24, 2.45) is 5.92 Å². The van der Waals surface area contributed by atoms with E-state index in [9.17, 15) is 4.79 Å². The van der Waals surface area contributed by atoms with Crippen LogP contribution in [0.4, 0.5) is 0 Å². The van der Waals surface area contributed by atoms with Crippen molar-refractivity contribution in [3.05, 3.63) is 47.8 Å². The minimum atomic E-state index is 0.123. The average molecular weight is 336 g/mol. The first kappa shape index (κ1) is 16.1. The molecule has 1 aromatic carbocycles. The third-order valence-corrected chi connectivity index (χ3v) is 5.18. The highest BCUT2D eigenvalue weighted by Crippen LogP contribution is 2.39. The van der Waals surface area contributed by atoms with Crippen molar-refractivity contribution in [3.63, 3.8) is 0 Å². The Bertz CT molecular complexity index is 798. The lowest BCUT2D eigenvalue weighted by molar-refractivity contribution is -0.133. The predicted octanol–water partition coefficient (Wildman–Crippen LogP) is 4.14. The molecule has 1 atom stereocenters. The lowest BCUT2D eigenvalue weighted by Gasteiger charge is -2.25. The Kier molecular flexibility index (Phi) is 4.20. The van der Waals surface area contributed by atoms with Gasteiger partial charge < -0.3 is 9.64 Å². The Balaban J connectivity index is 1.68. The summed E-state index contributed by atoms with van der Waals surface area (Å²) in [6.07, 6.45) is 4.18. The van der Waals surface area contributed by atoms with Crippen molar-refractivity contribution in [2.75, 3.05) is 13.7 Å². The number of likely N-dealkylation sites (tertiary alicyclic amines) is 1. The zero-order valence-corrected chi connectivity index (χ0v) is 14.9. The van der Waals surface area contributed by atoms with Gasteiger partial charge in [-0.05, 0) is 68.0 Å². The van der Waals surface area contributed by atoms with Gasteiger partial charge in [0.2, 0.25) is 5.91 Å². The highest BCUT2D eigenvalue weighted by atomic mass is 16.5. The normalized spacial score (nSPS) is 19.9. The molecule has 4 heteroatoms. The van der Waals surface area contributed by atoms with Gasteiger partial charge in [-0.25, -0.2) is 0 Å². The highest BCUT2D eigenvalue weighted by Gasteiger charge is 2.39. The summed E-state index contributed by atoms with van der Waals surface area (Å²) in [5.74, 6) is 1.44. The highest BCUT2D eigenvalue weighted by molar-refractivity contribution is 5.81. The van der Waals surface area contributed by atoms with Crippen molar-refractivity contribution < 1.29 is 9.53 Å². The molecule has 130 valence electrons. The molecule has 4 rings (SSSR count). The minimum absolute atomic E-state index is 0.123. The summed E-state index contributed by atoms with van der Waals surface area (Å²) < 4.78 is 5.35. The fraction of sp³-hybridized carbons (Fsp3) is 0.429. The Labute approximate surface area is 148 Å². The molecule has 2 aliphatic rings. The first-order valence-corrected chi connectivity index (χ1v) is 9.09. The number of carbonyl (C=O) groups is 1. The SMILES string of the molecule is COc1cccc(-c2cc(C)nc([C@@H]3CCCN3C(=O)C3CC3)c2)c1. The van der Waals surface area contributed by atoms with Crippen LogP contribution in [0.5, 0.6) is 5.75 Å². The molecule has 2 aromatic rings. The molecule has 1 saturated carbocycles. The van der Waals surface area contributed by atoms with Gasteiger partial charge in [0.15, 0.2) is 0 Å². The molecular weight excluding hydrogens is 312 g/mol. The lowest BCUT2D eigenvalue weighted by Crippen LogP contribution is -2.32. The monoisotopic (exact) mass is 336 g/mol. The van der Waals surface area contributed by atoms with Crippen molar-refractivity contribution in [1.29, 1.82) is 0 Å². The maximum Gasteiger partial charge on any atom is 0.226 e. The van der Waals surface area contributed by atoms with E-state index < -0.39 is 0 Å². The van der Waals surface area contributed by atoms with E-state index >= 15 is 0 Å². The number of amides is 1. The molecule has 0 N–H and O–H groups in total. The Morgan fingerprint density at radius 2 is 2.00 bits per heavy atom. The number of nitrogens with zero attached hydrogens (tertiary/aromatic N) is 2. The van der Waals surface area contributed by atoms with Crippen molar-refractivity contribution in [2.45, 2.75) is 38.6 Å². The summed E-state index contributed by atoms with van der Waals surface area (Å²) in [5, 5.41) is 0. The number of carbonyl (C=O) groups excluding carboxylic acids is 1. The second kappa shape index (κ2) is 6.51. The topological polar surface area (TPSA) is 42.4 Å². The fourth-order valence-electron chi connectivity index (χ4n) is 3.74. The van der Waals surface area contributed by atoms with Crippen LogP contribution >= 0.6 is 0 Å². The van der Waals surface area contributed by atoms with Crippen LogP contribution in [-0.2, 0) is 4.79 Å². The largest absolute Gasteiger partial charge is 0.497 e. The van der Waals surface area contributed by atoms with Crippen LogP contribution < -0.4 is 4.74 Å². The van der Waals surface area contributed by atoms with E-state index in [1.807, 2.05) is 25.1 Å². The molecule has 1 aromatic heterocycles. The summed E-state index contributed by atoms with van der Waals surface area (Å²) in [7, 11) is 1.68. The Morgan fingerprint density at radius 1 is 1.16 bits per heavy atom. The zero-order chi connectivity index (χ0) is 17.4. The van der Waals surface area contributed by atoms with Crippen LogP contribution in [-0.4, -0.2) is 29.4 Å². The van der Waals surface area contributed by atoms with Crippen LogP contribution in [0.2, 0.25) is 0 Å². The fourth-order valence-corrected chi connectivity index (χ4v) is 3.74. The van der Waals surface area contributed by atoms with Gasteiger partial charge in [0.25, 0.3) is 0 Å². The molecule has 0 radical (unpaired) electrons. The average Bonchev–Trinajstić information content (AvgIpc) is 3.37. The summed E-state index contributed by atoms with van der Waals surface area (Å²) in [4.78, 5) is 19.4. The molecule has 0 spiro atoms. The second-order valence-corrected chi connectivity index (χ2v) is 7.12. The number of benzene rings is 1. The summed E-state index contributed by atoms with van der Waals surface area (Å²) in [6, 6.07) is 12.4. The maximum absolute atomic E-state index is 12.6. The van der Waals surface area contributed by atoms with E-state index in [2.05, 4.69) is 23.1 Å². The first-order chi connectivity index (χ1) is 12.2. The third-order valence-electron chi connectivity index (χ3n) is 5.18. The Hall–Kier alpha value is -2.36. The van der Waals surface area contributed by atoms with E-state index in [1.54, 1.807) is 7.11 Å². The molecule has 0 bridgehead atoms. The molecule has 1 saturated heterocycles. The number of ether oxygens (including phenoxy) is 1. The zero-order valence-electron chi connectivity index (χ0n) is 14.9. The standard InChI is InChI=1S/C21H24N2O2/c1-14-11-17(16-5-3-6-18(12-16)25-2)13-19(22-14)20-7-4-10-23(20)21(24)15-8-9-15/h3,5-6,11-13,15,20H,4,7-10H2,1-2H3/t20-/m0/s1. The summed E-state index contributed by atoms with van der Waals surface area (Å²) in [6.45, 7) is 2.89. The Morgan fingerprint density at radius 3 is 2.76 bits per heavy atom. The van der Waals surface area contributed by atoms with Gasteiger partial charge in [0.1, 0.15) is 5.75 Å². The van der Waals surface area contributed by atoms with Crippen LogP contribution in [0.25, 0.3) is 11.1 Å². The number of hydrogen-bond acceptors (Lipinski definition) is 3. The maximum atomic E-state index is 12.6. The number of pyridine rings is 1. The van der Waals surface area contributed by atoms with Gasteiger partial charge >= 0.3 is 0 Å². The van der Waals surface area contributed by atoms with Crippen LogP contribution in [0.15, 0.2) is 36.4 Å². The number of methoxy groups -OCH3 is 1. The number of aromatic nitrogens is 1. The van der Waals surface area contributed by atoms with Crippen molar-refractivity contribution in [3.8, 4) is 16.9 Å². The second-order valence-electron chi connectivity index (χ2n) is 7.12. The van der Waals surface area contributed by atoms with E-state index in [4.69, 9.17) is 9.72 Å². The first-order valence-electron chi connectivity index (χ1n) is 9.09. The van der Waals surface area contributed by atoms with Gasteiger partial charge in [-0.15, -0.1) is 0 Å². The van der Waals surface area contributed by atoms with Crippen LogP contribution in [0.3, 0.4) is 0 Å². The predicted molar refractivity (Wildman–Crippen MR) is 97.4 cm³/mol. The quantitative estimate of drug-likeness (QED) is 0.843. The van der Waals surface area contributed by atoms with E-state index in [-0.39, 0.29) is 12.0 Å². The van der Waals surface area contributed by atoms with Gasteiger partial charge in [-0.3, -0.25) is 9.78 Å². The number of hydrogen-bond donors (Lipinski definition) is 0. The molecule has 2 heterocycles. The molecule has 0 unspecified atom stereocenters. The number of rotatable bonds is 4. The molecule has 1 aliphatic heterocycles. The molecule has 1 amide bonds.